The number of likely N-dealkylation sites (tertiary alicyclic amines) is 1. The fourth-order valence-corrected chi connectivity index (χ4v) is 3.62. The van der Waals surface area contributed by atoms with E-state index in [1.54, 1.807) is 6.07 Å². The van der Waals surface area contributed by atoms with Gasteiger partial charge in [0.1, 0.15) is 17.2 Å². The summed E-state index contributed by atoms with van der Waals surface area (Å²) in [7, 11) is 0. The number of aliphatic hydroxyl groups is 1. The summed E-state index contributed by atoms with van der Waals surface area (Å²) in [5.74, 6) is 0.210. The van der Waals surface area contributed by atoms with E-state index in [4.69, 9.17) is 4.74 Å². The van der Waals surface area contributed by atoms with Crippen LogP contribution in [0.1, 0.15) is 51.2 Å². The smallest absolute Gasteiger partial charge is 0.128 e. The standard InChI is InChI=1S/C17H24FNO2/c1-12(2)19-8-3-6-17(7-9-19)11-15(20)14-5-4-13(18)10-16(14)21-17/h4-5,10,12,15,20H,3,6-9,11H2,1-2H3/t15-,17?/m0/s1. The fraction of sp³-hybridized carbons (Fsp3) is 0.647. The molecule has 1 N–H and O–H groups in total. The molecule has 1 aromatic rings. The Balaban J connectivity index is 1.83. The quantitative estimate of drug-likeness (QED) is 0.862. The van der Waals surface area contributed by atoms with Crippen molar-refractivity contribution in [2.75, 3.05) is 13.1 Å². The summed E-state index contributed by atoms with van der Waals surface area (Å²) in [6, 6.07) is 4.96. The summed E-state index contributed by atoms with van der Waals surface area (Å²) in [5.41, 5.74) is 0.371. The second kappa shape index (κ2) is 5.58. The van der Waals surface area contributed by atoms with Crippen LogP contribution >= 0.6 is 0 Å². The van der Waals surface area contributed by atoms with Gasteiger partial charge in [0.15, 0.2) is 0 Å². The van der Waals surface area contributed by atoms with Crippen molar-refractivity contribution in [3.05, 3.63) is 29.6 Å². The monoisotopic (exact) mass is 293 g/mol. The van der Waals surface area contributed by atoms with Crippen molar-refractivity contribution in [3.8, 4) is 5.75 Å². The lowest BCUT2D eigenvalue weighted by Gasteiger charge is -2.40. The molecule has 1 unspecified atom stereocenters. The van der Waals surface area contributed by atoms with Crippen LogP contribution in [0, 0.1) is 5.82 Å². The van der Waals surface area contributed by atoms with Crippen LogP contribution in [0.25, 0.3) is 0 Å². The average Bonchev–Trinajstić information content (AvgIpc) is 2.61. The van der Waals surface area contributed by atoms with Crippen LogP contribution in [0.4, 0.5) is 4.39 Å². The molecule has 116 valence electrons. The number of ether oxygens (including phenoxy) is 1. The molecule has 2 heterocycles. The summed E-state index contributed by atoms with van der Waals surface area (Å²) in [4.78, 5) is 2.45. The number of nitrogens with zero attached hydrogens (tertiary/aromatic N) is 1. The molecule has 1 saturated heterocycles. The minimum atomic E-state index is -0.556. The third-order valence-electron chi connectivity index (χ3n) is 4.89. The van der Waals surface area contributed by atoms with Gasteiger partial charge in [-0.15, -0.1) is 0 Å². The van der Waals surface area contributed by atoms with E-state index >= 15 is 0 Å². The maximum Gasteiger partial charge on any atom is 0.128 e. The molecule has 2 aliphatic rings. The van der Waals surface area contributed by atoms with Gasteiger partial charge < -0.3 is 14.7 Å². The van der Waals surface area contributed by atoms with Gasteiger partial charge in [-0.2, -0.15) is 0 Å². The van der Waals surface area contributed by atoms with Gasteiger partial charge in [0.2, 0.25) is 0 Å². The van der Waals surface area contributed by atoms with Crippen molar-refractivity contribution >= 4 is 0 Å². The molecule has 3 rings (SSSR count). The molecule has 0 aliphatic carbocycles. The number of benzene rings is 1. The zero-order valence-corrected chi connectivity index (χ0v) is 12.8. The van der Waals surface area contributed by atoms with Crippen molar-refractivity contribution in [1.29, 1.82) is 0 Å². The zero-order valence-electron chi connectivity index (χ0n) is 12.8. The largest absolute Gasteiger partial charge is 0.487 e. The molecule has 2 atom stereocenters. The van der Waals surface area contributed by atoms with Crippen molar-refractivity contribution in [2.45, 2.75) is 57.3 Å². The Hall–Kier alpha value is -1.13. The van der Waals surface area contributed by atoms with E-state index in [0.29, 0.717) is 23.8 Å². The van der Waals surface area contributed by atoms with Gasteiger partial charge in [-0.05, 0) is 51.8 Å². The fourth-order valence-electron chi connectivity index (χ4n) is 3.62. The summed E-state index contributed by atoms with van der Waals surface area (Å²) in [6.45, 7) is 6.45. The highest BCUT2D eigenvalue weighted by molar-refractivity contribution is 5.38. The van der Waals surface area contributed by atoms with Gasteiger partial charge in [-0.25, -0.2) is 4.39 Å². The van der Waals surface area contributed by atoms with Crippen LogP contribution in [0.5, 0.6) is 5.75 Å². The predicted molar refractivity (Wildman–Crippen MR) is 79.9 cm³/mol. The summed E-state index contributed by atoms with van der Waals surface area (Å²) in [5, 5.41) is 10.4. The highest BCUT2D eigenvalue weighted by atomic mass is 19.1. The van der Waals surface area contributed by atoms with Gasteiger partial charge in [0.05, 0.1) is 6.10 Å². The first-order chi connectivity index (χ1) is 9.99. The van der Waals surface area contributed by atoms with E-state index in [0.717, 1.165) is 32.4 Å². The van der Waals surface area contributed by atoms with Crippen LogP contribution in [-0.4, -0.2) is 34.7 Å². The second-order valence-electron chi connectivity index (χ2n) is 6.67. The van der Waals surface area contributed by atoms with E-state index in [2.05, 4.69) is 18.7 Å². The van der Waals surface area contributed by atoms with Gasteiger partial charge in [0.25, 0.3) is 0 Å². The molecule has 1 fully saturated rings. The molecule has 0 bridgehead atoms. The number of rotatable bonds is 1. The van der Waals surface area contributed by atoms with Crippen LogP contribution in [-0.2, 0) is 0 Å². The SMILES string of the molecule is CC(C)N1CCCC2(CC1)C[C@H](O)c1ccc(F)cc1O2. The Morgan fingerprint density at radius 3 is 2.90 bits per heavy atom. The Morgan fingerprint density at radius 1 is 1.33 bits per heavy atom. The summed E-state index contributed by atoms with van der Waals surface area (Å²) in [6.07, 6.45) is 2.91. The van der Waals surface area contributed by atoms with Crippen molar-refractivity contribution in [2.24, 2.45) is 0 Å². The molecular formula is C17H24FNO2. The maximum atomic E-state index is 13.5. The molecule has 2 aliphatic heterocycles. The van der Waals surface area contributed by atoms with Crippen molar-refractivity contribution in [1.82, 2.24) is 4.90 Å². The topological polar surface area (TPSA) is 32.7 Å². The normalized spacial score (nSPS) is 30.0. The van der Waals surface area contributed by atoms with E-state index in [1.807, 2.05) is 0 Å². The van der Waals surface area contributed by atoms with Gasteiger partial charge in [0, 0.05) is 30.6 Å². The zero-order chi connectivity index (χ0) is 15.0. The third-order valence-corrected chi connectivity index (χ3v) is 4.89. The van der Waals surface area contributed by atoms with Crippen LogP contribution in [0.3, 0.4) is 0 Å². The Bertz CT molecular complexity index is 520. The molecule has 1 aromatic carbocycles. The summed E-state index contributed by atoms with van der Waals surface area (Å²) < 4.78 is 19.6. The van der Waals surface area contributed by atoms with Gasteiger partial charge >= 0.3 is 0 Å². The first kappa shape index (κ1) is 14.8. The lowest BCUT2D eigenvalue weighted by atomic mass is 9.83. The van der Waals surface area contributed by atoms with E-state index in [-0.39, 0.29) is 11.4 Å². The van der Waals surface area contributed by atoms with Crippen LogP contribution in [0.15, 0.2) is 18.2 Å². The third kappa shape index (κ3) is 2.92. The van der Waals surface area contributed by atoms with Crippen LogP contribution < -0.4 is 4.74 Å². The van der Waals surface area contributed by atoms with E-state index < -0.39 is 6.10 Å². The Labute approximate surface area is 125 Å². The highest BCUT2D eigenvalue weighted by Gasteiger charge is 2.41. The van der Waals surface area contributed by atoms with E-state index in [9.17, 15) is 9.50 Å². The molecular weight excluding hydrogens is 269 g/mol. The molecule has 0 radical (unpaired) electrons. The van der Waals surface area contributed by atoms with Crippen molar-refractivity contribution in [3.63, 3.8) is 0 Å². The maximum absolute atomic E-state index is 13.5. The molecule has 0 saturated carbocycles. The number of aliphatic hydroxyl groups excluding tert-OH is 1. The molecule has 3 nitrogen and oxygen atoms in total. The number of halogens is 1. The van der Waals surface area contributed by atoms with Crippen molar-refractivity contribution < 1.29 is 14.2 Å². The molecule has 0 aromatic heterocycles. The first-order valence-electron chi connectivity index (χ1n) is 7.90. The Kier molecular flexibility index (Phi) is 3.93. The molecule has 21 heavy (non-hydrogen) atoms. The van der Waals surface area contributed by atoms with Crippen LogP contribution in [0.2, 0.25) is 0 Å². The highest BCUT2D eigenvalue weighted by Crippen LogP contribution is 2.44. The second-order valence-corrected chi connectivity index (χ2v) is 6.67. The molecule has 4 heteroatoms. The average molecular weight is 293 g/mol. The van der Waals surface area contributed by atoms with Gasteiger partial charge in [-0.3, -0.25) is 0 Å². The van der Waals surface area contributed by atoms with Gasteiger partial charge in [-0.1, -0.05) is 0 Å². The number of hydrogen-bond donors (Lipinski definition) is 1. The molecule has 1 spiro atoms. The van der Waals surface area contributed by atoms with E-state index in [1.165, 1.54) is 12.1 Å². The lowest BCUT2D eigenvalue weighted by molar-refractivity contribution is -0.0245. The first-order valence-corrected chi connectivity index (χ1v) is 7.90. The number of fused-ring (bicyclic) bond motifs is 1. The molecule has 0 amide bonds. The summed E-state index contributed by atoms with van der Waals surface area (Å²) >= 11 is 0. The Morgan fingerprint density at radius 2 is 2.14 bits per heavy atom. The minimum Gasteiger partial charge on any atom is -0.487 e. The predicted octanol–water partition coefficient (Wildman–Crippen LogP) is 3.27. The lowest BCUT2D eigenvalue weighted by Crippen LogP contribution is -2.42. The minimum absolute atomic E-state index is 0.310. The number of hydrogen-bond acceptors (Lipinski definition) is 3.